The number of esters is 1. The van der Waals surface area contributed by atoms with Crippen molar-refractivity contribution in [1.82, 2.24) is 9.97 Å². The average Bonchev–Trinajstić information content (AvgIpc) is 3.51. The molecular weight excluding hydrogens is 430 g/mol. The fraction of sp³-hybridized carbons (Fsp3) is 0.250. The van der Waals surface area contributed by atoms with Crippen molar-refractivity contribution in [3.63, 3.8) is 0 Å². The number of aromatic amines is 2. The predicted molar refractivity (Wildman–Crippen MR) is 124 cm³/mol. The summed E-state index contributed by atoms with van der Waals surface area (Å²) in [6.07, 6.45) is 0. The molecule has 3 heterocycles. The summed E-state index contributed by atoms with van der Waals surface area (Å²) >= 11 is 6.31. The molecule has 0 aliphatic carbocycles. The van der Waals surface area contributed by atoms with Gasteiger partial charge in [0.05, 0.1) is 13.7 Å². The van der Waals surface area contributed by atoms with Gasteiger partial charge in [0.25, 0.3) is 5.91 Å². The molecular formula is C24H22ClN3O4. The van der Waals surface area contributed by atoms with Gasteiger partial charge in [0.2, 0.25) is 0 Å². The molecule has 1 amide bonds. The molecule has 1 aliphatic heterocycles. The monoisotopic (exact) mass is 451 g/mol. The average molecular weight is 452 g/mol. The molecule has 1 atom stereocenters. The van der Waals surface area contributed by atoms with E-state index in [4.69, 9.17) is 21.1 Å². The number of H-pyrrole nitrogens is 2. The zero-order chi connectivity index (χ0) is 22.4. The number of rotatable bonds is 5. The van der Waals surface area contributed by atoms with E-state index in [-0.39, 0.29) is 11.8 Å². The first-order valence-corrected chi connectivity index (χ1v) is 10.9. The van der Waals surface area contributed by atoms with Crippen LogP contribution in [0.1, 0.15) is 39.4 Å². The zero-order valence-electron chi connectivity index (χ0n) is 17.7. The molecule has 0 saturated carbocycles. The number of halogens is 1. The van der Waals surface area contributed by atoms with Crippen LogP contribution in [0.5, 0.6) is 5.75 Å². The van der Waals surface area contributed by atoms with E-state index in [1.807, 2.05) is 36.4 Å². The molecule has 2 N–H and O–H groups in total. The number of anilines is 1. The van der Waals surface area contributed by atoms with Crippen molar-refractivity contribution >= 4 is 51.0 Å². The second-order valence-electron chi connectivity index (χ2n) is 7.77. The van der Waals surface area contributed by atoms with E-state index in [2.05, 4.69) is 9.97 Å². The Morgan fingerprint density at radius 1 is 1.09 bits per heavy atom. The highest BCUT2D eigenvalue weighted by molar-refractivity contribution is 6.19. The van der Waals surface area contributed by atoms with E-state index in [1.54, 1.807) is 25.0 Å². The number of carbonyl (C=O) groups excluding carboxylic acids is 2. The largest absolute Gasteiger partial charge is 0.497 e. The van der Waals surface area contributed by atoms with Crippen LogP contribution in [-0.2, 0) is 4.74 Å². The zero-order valence-corrected chi connectivity index (χ0v) is 18.5. The Kier molecular flexibility index (Phi) is 5.06. The molecule has 2 aromatic carbocycles. The maximum Gasteiger partial charge on any atom is 0.354 e. The number of alkyl halides is 1. The standard InChI is InChI=1S/C24H22ClN3O4/c1-3-32-24(30)20-10-16-18(27-20)6-7-21-22(16)14(11-25)12-28(21)23(29)19-9-13-8-15(31-2)4-5-17(13)26-19/h4-10,14,26-27H,3,11-12H2,1-2H3. The lowest BCUT2D eigenvalue weighted by Gasteiger charge is -2.16. The van der Waals surface area contributed by atoms with Gasteiger partial charge in [0.15, 0.2) is 0 Å². The lowest BCUT2D eigenvalue weighted by molar-refractivity contribution is 0.0520. The Bertz CT molecular complexity index is 1360. The minimum atomic E-state index is -0.403. The van der Waals surface area contributed by atoms with Crippen molar-refractivity contribution in [1.29, 1.82) is 0 Å². The third kappa shape index (κ3) is 3.20. The molecule has 0 radical (unpaired) electrons. The fourth-order valence-corrected chi connectivity index (χ4v) is 4.68. The fourth-order valence-electron chi connectivity index (χ4n) is 4.42. The maximum absolute atomic E-state index is 13.5. The van der Waals surface area contributed by atoms with Gasteiger partial charge in [0, 0.05) is 45.8 Å². The number of aromatic nitrogens is 2. The van der Waals surface area contributed by atoms with Crippen LogP contribution in [0.2, 0.25) is 0 Å². The van der Waals surface area contributed by atoms with Gasteiger partial charge < -0.3 is 24.3 Å². The summed E-state index contributed by atoms with van der Waals surface area (Å²) in [6.45, 7) is 2.54. The number of carbonyl (C=O) groups is 2. The highest BCUT2D eigenvalue weighted by atomic mass is 35.5. The van der Waals surface area contributed by atoms with E-state index in [9.17, 15) is 9.59 Å². The summed E-state index contributed by atoms with van der Waals surface area (Å²) in [4.78, 5) is 33.7. The number of fused-ring (bicyclic) bond motifs is 4. The Labute approximate surface area is 189 Å². The lowest BCUT2D eigenvalue weighted by Crippen LogP contribution is -2.30. The van der Waals surface area contributed by atoms with Crippen LogP contribution in [0.3, 0.4) is 0 Å². The van der Waals surface area contributed by atoms with Gasteiger partial charge in [-0.1, -0.05) is 0 Å². The van der Waals surface area contributed by atoms with Crippen LogP contribution in [0.25, 0.3) is 21.8 Å². The molecule has 164 valence electrons. The van der Waals surface area contributed by atoms with Crippen LogP contribution in [0, 0.1) is 0 Å². The van der Waals surface area contributed by atoms with Gasteiger partial charge in [-0.25, -0.2) is 4.79 Å². The first-order chi connectivity index (χ1) is 15.5. The summed E-state index contributed by atoms with van der Waals surface area (Å²) in [5, 5.41) is 1.79. The van der Waals surface area contributed by atoms with Gasteiger partial charge in [-0.15, -0.1) is 11.6 Å². The minimum absolute atomic E-state index is 0.0466. The molecule has 5 rings (SSSR count). The van der Waals surface area contributed by atoms with E-state index >= 15 is 0 Å². The Hall–Kier alpha value is -3.45. The third-order valence-corrected chi connectivity index (χ3v) is 6.28. The highest BCUT2D eigenvalue weighted by Gasteiger charge is 2.35. The first-order valence-electron chi connectivity index (χ1n) is 10.4. The Morgan fingerprint density at radius 2 is 1.88 bits per heavy atom. The number of methoxy groups -OCH3 is 1. The van der Waals surface area contributed by atoms with Crippen LogP contribution in [0.15, 0.2) is 42.5 Å². The number of nitrogens with one attached hydrogen (secondary N) is 2. The van der Waals surface area contributed by atoms with Crippen molar-refractivity contribution in [3.8, 4) is 5.75 Å². The van der Waals surface area contributed by atoms with E-state index in [0.29, 0.717) is 30.4 Å². The highest BCUT2D eigenvalue weighted by Crippen LogP contribution is 2.42. The van der Waals surface area contributed by atoms with Crippen LogP contribution in [-0.4, -0.2) is 48.0 Å². The molecule has 0 saturated heterocycles. The summed E-state index contributed by atoms with van der Waals surface area (Å²) < 4.78 is 10.4. The van der Waals surface area contributed by atoms with Gasteiger partial charge in [-0.05, 0) is 55.0 Å². The van der Waals surface area contributed by atoms with Crippen molar-refractivity contribution in [3.05, 3.63) is 59.4 Å². The summed E-state index contributed by atoms with van der Waals surface area (Å²) in [5.74, 6) is 0.514. The predicted octanol–water partition coefficient (Wildman–Crippen LogP) is 4.82. The molecule has 1 aliphatic rings. The number of benzene rings is 2. The minimum Gasteiger partial charge on any atom is -0.497 e. The van der Waals surface area contributed by atoms with Gasteiger partial charge in [-0.3, -0.25) is 4.79 Å². The molecule has 1 unspecified atom stereocenters. The van der Waals surface area contributed by atoms with Gasteiger partial charge in [-0.2, -0.15) is 0 Å². The van der Waals surface area contributed by atoms with Crippen molar-refractivity contribution in [2.45, 2.75) is 12.8 Å². The molecule has 0 fully saturated rings. The Morgan fingerprint density at radius 3 is 2.62 bits per heavy atom. The third-order valence-electron chi connectivity index (χ3n) is 5.91. The summed E-state index contributed by atoms with van der Waals surface area (Å²) in [5.41, 5.74) is 4.33. The SMILES string of the molecule is CCOC(=O)c1cc2c3c(ccc2[nH]1)N(C(=O)c1cc2cc(OC)ccc2[nH]1)CC3CCl. The smallest absolute Gasteiger partial charge is 0.354 e. The molecule has 7 nitrogen and oxygen atoms in total. The molecule has 0 bridgehead atoms. The van der Waals surface area contributed by atoms with Crippen LogP contribution < -0.4 is 9.64 Å². The van der Waals surface area contributed by atoms with Crippen LogP contribution in [0.4, 0.5) is 5.69 Å². The quantitative estimate of drug-likeness (QED) is 0.336. The number of hydrogen-bond donors (Lipinski definition) is 2. The molecule has 8 heteroatoms. The number of ether oxygens (including phenoxy) is 2. The normalized spacial score (nSPS) is 15.3. The van der Waals surface area contributed by atoms with E-state index < -0.39 is 5.97 Å². The van der Waals surface area contributed by atoms with Gasteiger partial charge >= 0.3 is 5.97 Å². The topological polar surface area (TPSA) is 87.4 Å². The number of nitrogens with zero attached hydrogens (tertiary/aromatic N) is 1. The van der Waals surface area contributed by atoms with Crippen molar-refractivity contribution in [2.75, 3.05) is 31.0 Å². The summed E-state index contributed by atoms with van der Waals surface area (Å²) in [6, 6.07) is 13.0. The molecule has 0 spiro atoms. The Balaban J connectivity index is 1.55. The molecule has 32 heavy (non-hydrogen) atoms. The summed E-state index contributed by atoms with van der Waals surface area (Å²) in [7, 11) is 1.61. The number of hydrogen-bond acceptors (Lipinski definition) is 4. The van der Waals surface area contributed by atoms with E-state index in [1.165, 1.54) is 0 Å². The second-order valence-corrected chi connectivity index (χ2v) is 8.07. The molecule has 4 aromatic rings. The van der Waals surface area contributed by atoms with Crippen molar-refractivity contribution < 1.29 is 19.1 Å². The lowest BCUT2D eigenvalue weighted by atomic mass is 9.99. The van der Waals surface area contributed by atoms with E-state index in [0.717, 1.165) is 38.8 Å². The first kappa shape index (κ1) is 20.5. The second kappa shape index (κ2) is 7.91. The van der Waals surface area contributed by atoms with Crippen LogP contribution >= 0.6 is 11.6 Å². The number of amides is 1. The van der Waals surface area contributed by atoms with Gasteiger partial charge in [0.1, 0.15) is 17.1 Å². The van der Waals surface area contributed by atoms with Crippen molar-refractivity contribution in [2.24, 2.45) is 0 Å². The molecule has 2 aromatic heterocycles. The maximum atomic E-state index is 13.5.